The second kappa shape index (κ2) is 4.69. The monoisotopic (exact) mass is 284 g/mol. The minimum atomic E-state index is -0.935. The van der Waals surface area contributed by atoms with Gasteiger partial charge in [0.15, 0.2) is 5.82 Å². The molecule has 1 aromatic carbocycles. The van der Waals surface area contributed by atoms with Gasteiger partial charge in [0, 0.05) is 11.5 Å². The number of carboxylic acid groups (broad SMARTS) is 1. The minimum absolute atomic E-state index is 0.256. The molecule has 2 aliphatic rings. The van der Waals surface area contributed by atoms with E-state index in [-0.39, 0.29) is 5.56 Å². The van der Waals surface area contributed by atoms with Gasteiger partial charge in [-0.2, -0.15) is 4.98 Å². The normalized spacial score (nSPS) is 27.1. The minimum Gasteiger partial charge on any atom is -0.478 e. The summed E-state index contributed by atoms with van der Waals surface area (Å²) in [6, 6.07) is 6.53. The number of aromatic carboxylic acids is 1. The lowest BCUT2D eigenvalue weighted by molar-refractivity contribution is 0.0697. The van der Waals surface area contributed by atoms with E-state index in [1.165, 1.54) is 25.7 Å². The molecule has 1 N–H and O–H groups in total. The molecule has 0 aliphatic heterocycles. The first-order valence-corrected chi connectivity index (χ1v) is 7.38. The van der Waals surface area contributed by atoms with Crippen LogP contribution in [0.4, 0.5) is 0 Å². The third-order valence-electron chi connectivity index (χ3n) is 4.89. The molecule has 108 valence electrons. The second-order valence-electron chi connectivity index (χ2n) is 6.12. The van der Waals surface area contributed by atoms with E-state index in [1.807, 2.05) is 0 Å². The zero-order valence-electron chi connectivity index (χ0n) is 11.5. The molecular weight excluding hydrogens is 268 g/mol. The number of nitrogens with zero attached hydrogens (tertiary/aromatic N) is 2. The maximum absolute atomic E-state index is 10.8. The molecule has 2 bridgehead atoms. The zero-order chi connectivity index (χ0) is 14.4. The van der Waals surface area contributed by atoms with Gasteiger partial charge in [0.1, 0.15) is 0 Å². The number of benzene rings is 1. The van der Waals surface area contributed by atoms with Crippen LogP contribution in [-0.2, 0) is 0 Å². The Labute approximate surface area is 122 Å². The summed E-state index contributed by atoms with van der Waals surface area (Å²) in [6.07, 6.45) is 5.12. The fourth-order valence-electron chi connectivity index (χ4n) is 3.82. The first kappa shape index (κ1) is 12.6. The van der Waals surface area contributed by atoms with Crippen LogP contribution in [-0.4, -0.2) is 21.2 Å². The fraction of sp³-hybridized carbons (Fsp3) is 0.438. The van der Waals surface area contributed by atoms with Crippen molar-refractivity contribution in [2.24, 2.45) is 11.8 Å². The molecule has 0 saturated heterocycles. The number of hydrogen-bond donors (Lipinski definition) is 1. The molecule has 2 saturated carbocycles. The molecule has 4 rings (SSSR count). The molecule has 2 aliphatic carbocycles. The van der Waals surface area contributed by atoms with E-state index in [4.69, 9.17) is 9.63 Å². The van der Waals surface area contributed by atoms with Crippen molar-refractivity contribution in [3.8, 4) is 11.5 Å². The lowest BCUT2D eigenvalue weighted by Gasteiger charge is -2.17. The Morgan fingerprint density at radius 2 is 2.00 bits per heavy atom. The number of carboxylic acids is 1. The highest BCUT2D eigenvalue weighted by Gasteiger charge is 2.42. The molecule has 3 atom stereocenters. The quantitative estimate of drug-likeness (QED) is 0.935. The van der Waals surface area contributed by atoms with E-state index in [0.717, 1.165) is 23.2 Å². The summed E-state index contributed by atoms with van der Waals surface area (Å²) in [5, 5.41) is 13.1. The van der Waals surface area contributed by atoms with E-state index in [1.54, 1.807) is 24.3 Å². The Bertz CT molecular complexity index is 677. The zero-order valence-corrected chi connectivity index (χ0v) is 11.5. The molecule has 2 fully saturated rings. The largest absolute Gasteiger partial charge is 0.478 e. The van der Waals surface area contributed by atoms with Crippen LogP contribution in [0.1, 0.15) is 47.8 Å². The summed E-state index contributed by atoms with van der Waals surface area (Å²) in [7, 11) is 0. The van der Waals surface area contributed by atoms with Gasteiger partial charge in [-0.05, 0) is 55.4 Å². The lowest BCUT2D eigenvalue weighted by Crippen LogP contribution is -2.09. The van der Waals surface area contributed by atoms with Gasteiger partial charge in [-0.3, -0.25) is 0 Å². The van der Waals surface area contributed by atoms with E-state index in [0.29, 0.717) is 11.8 Å². The van der Waals surface area contributed by atoms with Crippen molar-refractivity contribution in [2.75, 3.05) is 0 Å². The van der Waals surface area contributed by atoms with Crippen molar-refractivity contribution in [2.45, 2.75) is 31.6 Å². The fourth-order valence-corrected chi connectivity index (χ4v) is 3.82. The molecule has 0 radical (unpaired) electrons. The number of hydrogen-bond acceptors (Lipinski definition) is 4. The summed E-state index contributed by atoms with van der Waals surface area (Å²) in [4.78, 5) is 15.4. The van der Waals surface area contributed by atoms with Gasteiger partial charge in [0.25, 0.3) is 5.89 Å². The van der Waals surface area contributed by atoms with Crippen molar-refractivity contribution in [1.29, 1.82) is 0 Å². The highest BCUT2D eigenvalue weighted by Crippen LogP contribution is 2.52. The van der Waals surface area contributed by atoms with E-state index >= 15 is 0 Å². The summed E-state index contributed by atoms with van der Waals surface area (Å²) < 4.78 is 5.36. The van der Waals surface area contributed by atoms with E-state index in [2.05, 4.69) is 10.1 Å². The SMILES string of the molecule is O=C(O)c1ccc(-c2nc(C3CC4CCC3C4)no2)cc1. The maximum atomic E-state index is 10.8. The third kappa shape index (κ3) is 2.13. The van der Waals surface area contributed by atoms with E-state index in [9.17, 15) is 4.79 Å². The standard InChI is InChI=1S/C16H16N2O3/c19-16(20)11-5-3-10(4-6-11)15-17-14(18-21-15)13-8-9-1-2-12(13)7-9/h3-6,9,12-13H,1-2,7-8H2,(H,19,20). The Morgan fingerprint density at radius 1 is 1.19 bits per heavy atom. The molecule has 2 aromatic rings. The van der Waals surface area contributed by atoms with Crippen molar-refractivity contribution < 1.29 is 14.4 Å². The molecule has 1 aromatic heterocycles. The van der Waals surface area contributed by atoms with Crippen LogP contribution in [0.25, 0.3) is 11.5 Å². The van der Waals surface area contributed by atoms with Crippen LogP contribution in [0.5, 0.6) is 0 Å². The summed E-state index contributed by atoms with van der Waals surface area (Å²) in [5.74, 6) is 2.37. The number of rotatable bonds is 3. The van der Waals surface area contributed by atoms with Gasteiger partial charge in [-0.25, -0.2) is 4.79 Å². The first-order valence-electron chi connectivity index (χ1n) is 7.38. The lowest BCUT2D eigenvalue weighted by atomic mass is 9.88. The second-order valence-corrected chi connectivity index (χ2v) is 6.12. The van der Waals surface area contributed by atoms with Crippen LogP contribution in [0.15, 0.2) is 28.8 Å². The van der Waals surface area contributed by atoms with Gasteiger partial charge < -0.3 is 9.63 Å². The van der Waals surface area contributed by atoms with Gasteiger partial charge in [0.2, 0.25) is 0 Å². The summed E-state index contributed by atoms with van der Waals surface area (Å²) >= 11 is 0. The average molecular weight is 284 g/mol. The number of carbonyl (C=O) groups is 1. The topological polar surface area (TPSA) is 76.2 Å². The van der Waals surface area contributed by atoms with Crippen molar-refractivity contribution >= 4 is 5.97 Å². The first-order chi connectivity index (χ1) is 10.2. The molecule has 0 spiro atoms. The van der Waals surface area contributed by atoms with Crippen LogP contribution < -0.4 is 0 Å². The summed E-state index contributed by atoms with van der Waals surface area (Å²) in [6.45, 7) is 0. The summed E-state index contributed by atoms with van der Waals surface area (Å²) in [5.41, 5.74) is 1.02. The van der Waals surface area contributed by atoms with Crippen molar-refractivity contribution in [3.05, 3.63) is 35.7 Å². The smallest absolute Gasteiger partial charge is 0.335 e. The molecule has 1 heterocycles. The molecule has 5 nitrogen and oxygen atoms in total. The Morgan fingerprint density at radius 3 is 2.62 bits per heavy atom. The Hall–Kier alpha value is -2.17. The number of aromatic nitrogens is 2. The van der Waals surface area contributed by atoms with Gasteiger partial charge in [0.05, 0.1) is 5.56 Å². The molecular formula is C16H16N2O3. The Balaban J connectivity index is 1.58. The maximum Gasteiger partial charge on any atom is 0.335 e. The van der Waals surface area contributed by atoms with Crippen LogP contribution in [0.3, 0.4) is 0 Å². The van der Waals surface area contributed by atoms with Crippen LogP contribution in [0.2, 0.25) is 0 Å². The van der Waals surface area contributed by atoms with Crippen LogP contribution >= 0.6 is 0 Å². The van der Waals surface area contributed by atoms with Crippen LogP contribution in [0, 0.1) is 11.8 Å². The Kier molecular flexibility index (Phi) is 2.80. The predicted octanol–water partition coefficient (Wildman–Crippen LogP) is 3.34. The van der Waals surface area contributed by atoms with Gasteiger partial charge in [-0.1, -0.05) is 11.6 Å². The van der Waals surface area contributed by atoms with Crippen molar-refractivity contribution in [3.63, 3.8) is 0 Å². The van der Waals surface area contributed by atoms with Gasteiger partial charge >= 0.3 is 5.97 Å². The number of fused-ring (bicyclic) bond motifs is 2. The molecule has 0 amide bonds. The highest BCUT2D eigenvalue weighted by atomic mass is 16.5. The third-order valence-corrected chi connectivity index (χ3v) is 4.89. The molecule has 5 heteroatoms. The highest BCUT2D eigenvalue weighted by molar-refractivity contribution is 5.88. The van der Waals surface area contributed by atoms with Crippen molar-refractivity contribution in [1.82, 2.24) is 10.1 Å². The molecule has 3 unspecified atom stereocenters. The van der Waals surface area contributed by atoms with Gasteiger partial charge in [-0.15, -0.1) is 0 Å². The predicted molar refractivity (Wildman–Crippen MR) is 74.9 cm³/mol. The van der Waals surface area contributed by atoms with E-state index < -0.39 is 5.97 Å². The average Bonchev–Trinajstić information content (AvgIpc) is 3.23. The molecule has 21 heavy (non-hydrogen) atoms.